The number of nitrogens with zero attached hydrogens (tertiary/aromatic N) is 4. The zero-order valence-electron chi connectivity index (χ0n) is 10.0. The van der Waals surface area contributed by atoms with Crippen LogP contribution in [0.2, 0.25) is 5.15 Å². The van der Waals surface area contributed by atoms with Crippen molar-refractivity contribution in [3.63, 3.8) is 0 Å². The molecule has 0 saturated carbocycles. The monoisotopic (exact) mass is 288 g/mol. The molecule has 8 heteroatoms. The fraction of sp³-hybridized carbons (Fsp3) is 0.600. The molecule has 0 amide bonds. The molecule has 0 bridgehead atoms. The van der Waals surface area contributed by atoms with Gasteiger partial charge in [0.2, 0.25) is 11.0 Å². The number of rotatable bonds is 2. The molecule has 98 valence electrons. The first-order chi connectivity index (χ1) is 8.49. The Morgan fingerprint density at radius 3 is 2.61 bits per heavy atom. The first kappa shape index (κ1) is 13.4. The van der Waals surface area contributed by atoms with Crippen LogP contribution in [0, 0.1) is 10.1 Å². The molecule has 2 rings (SSSR count). The summed E-state index contributed by atoms with van der Waals surface area (Å²) >= 11 is 7.66. The van der Waals surface area contributed by atoms with Crippen molar-refractivity contribution >= 4 is 34.9 Å². The largest absolute Gasteiger partial charge is 0.349 e. The predicted molar refractivity (Wildman–Crippen MR) is 72.4 cm³/mol. The van der Waals surface area contributed by atoms with E-state index in [0.29, 0.717) is 16.3 Å². The minimum Gasteiger partial charge on any atom is -0.349 e. The van der Waals surface area contributed by atoms with Crippen molar-refractivity contribution in [2.24, 2.45) is 0 Å². The Labute approximate surface area is 114 Å². The van der Waals surface area contributed by atoms with E-state index in [1.54, 1.807) is 0 Å². The summed E-state index contributed by atoms with van der Waals surface area (Å²) in [6, 6.07) is 0. The third kappa shape index (κ3) is 2.67. The molecule has 1 fully saturated rings. The average Bonchev–Trinajstić information content (AvgIpc) is 2.26. The number of aromatic nitrogens is 2. The normalized spacial score (nSPS) is 24.1. The number of nitro groups is 1. The molecule has 0 spiro atoms. The lowest BCUT2D eigenvalue weighted by Gasteiger charge is -2.34. The van der Waals surface area contributed by atoms with Gasteiger partial charge >= 0.3 is 5.69 Å². The molecule has 0 N–H and O–H groups in total. The van der Waals surface area contributed by atoms with E-state index in [4.69, 9.17) is 11.6 Å². The van der Waals surface area contributed by atoms with Crippen molar-refractivity contribution in [2.45, 2.75) is 24.3 Å². The van der Waals surface area contributed by atoms with Crippen molar-refractivity contribution in [3.8, 4) is 0 Å². The van der Waals surface area contributed by atoms with E-state index < -0.39 is 4.92 Å². The van der Waals surface area contributed by atoms with Crippen LogP contribution in [-0.4, -0.2) is 38.5 Å². The van der Waals surface area contributed by atoms with Crippen LogP contribution in [0.3, 0.4) is 0 Å². The van der Waals surface area contributed by atoms with E-state index in [1.165, 1.54) is 6.33 Å². The van der Waals surface area contributed by atoms with Crippen LogP contribution >= 0.6 is 23.4 Å². The highest BCUT2D eigenvalue weighted by Gasteiger charge is 2.30. The molecule has 2 unspecified atom stereocenters. The summed E-state index contributed by atoms with van der Waals surface area (Å²) in [7, 11) is 0. The van der Waals surface area contributed by atoms with Crippen molar-refractivity contribution in [1.82, 2.24) is 9.97 Å². The molecule has 2 heterocycles. The number of anilines is 1. The predicted octanol–water partition coefficient (Wildman–Crippen LogP) is 2.37. The Morgan fingerprint density at radius 2 is 2.06 bits per heavy atom. The fourth-order valence-corrected chi connectivity index (χ4v) is 3.61. The molecule has 1 aliphatic rings. The molecule has 2 atom stereocenters. The zero-order valence-corrected chi connectivity index (χ0v) is 11.6. The van der Waals surface area contributed by atoms with Crippen molar-refractivity contribution in [1.29, 1.82) is 0 Å². The van der Waals surface area contributed by atoms with Crippen LogP contribution in [0.25, 0.3) is 0 Å². The van der Waals surface area contributed by atoms with Gasteiger partial charge in [-0.25, -0.2) is 9.97 Å². The highest BCUT2D eigenvalue weighted by atomic mass is 35.5. The number of hydrogen-bond acceptors (Lipinski definition) is 6. The molecule has 1 aliphatic heterocycles. The van der Waals surface area contributed by atoms with Gasteiger partial charge in [-0.15, -0.1) is 0 Å². The van der Waals surface area contributed by atoms with Gasteiger partial charge in [-0.3, -0.25) is 10.1 Å². The Balaban J connectivity index is 2.38. The van der Waals surface area contributed by atoms with Crippen LogP contribution in [0.5, 0.6) is 0 Å². The van der Waals surface area contributed by atoms with Gasteiger partial charge in [0.15, 0.2) is 0 Å². The maximum atomic E-state index is 11.1. The second kappa shape index (κ2) is 5.27. The molecule has 0 aromatic carbocycles. The van der Waals surface area contributed by atoms with Crippen LogP contribution in [0.4, 0.5) is 11.5 Å². The lowest BCUT2D eigenvalue weighted by Crippen LogP contribution is -2.41. The Kier molecular flexibility index (Phi) is 3.91. The summed E-state index contributed by atoms with van der Waals surface area (Å²) in [5.74, 6) is 0.319. The van der Waals surface area contributed by atoms with Crippen molar-refractivity contribution in [2.75, 3.05) is 18.0 Å². The summed E-state index contributed by atoms with van der Waals surface area (Å²) in [4.78, 5) is 20.2. The van der Waals surface area contributed by atoms with Crippen LogP contribution in [-0.2, 0) is 0 Å². The van der Waals surface area contributed by atoms with Crippen LogP contribution < -0.4 is 4.90 Å². The summed E-state index contributed by atoms with van der Waals surface area (Å²) < 4.78 is 0. The SMILES string of the molecule is CC1CN(c2ncnc(Cl)c2[N+](=O)[O-])CC(C)S1. The first-order valence-electron chi connectivity index (χ1n) is 5.54. The lowest BCUT2D eigenvalue weighted by atomic mass is 10.3. The average molecular weight is 289 g/mol. The first-order valence-corrected chi connectivity index (χ1v) is 6.86. The second-order valence-corrected chi connectivity index (χ2v) is 6.50. The van der Waals surface area contributed by atoms with Crippen molar-refractivity contribution in [3.05, 3.63) is 21.6 Å². The molecule has 18 heavy (non-hydrogen) atoms. The molecule has 1 aromatic rings. The summed E-state index contributed by atoms with van der Waals surface area (Å²) in [5, 5.41) is 11.8. The maximum Gasteiger partial charge on any atom is 0.348 e. The number of halogens is 1. The molecule has 0 aliphatic carbocycles. The minimum atomic E-state index is -0.519. The summed E-state index contributed by atoms with van der Waals surface area (Å²) in [5.41, 5.74) is -0.203. The van der Waals surface area contributed by atoms with Gasteiger partial charge in [-0.2, -0.15) is 11.8 Å². The van der Waals surface area contributed by atoms with E-state index in [-0.39, 0.29) is 10.8 Å². The van der Waals surface area contributed by atoms with Gasteiger partial charge in [-0.1, -0.05) is 25.4 Å². The highest BCUT2D eigenvalue weighted by Crippen LogP contribution is 2.35. The zero-order chi connectivity index (χ0) is 13.3. The molecule has 1 saturated heterocycles. The van der Waals surface area contributed by atoms with E-state index in [0.717, 1.165) is 13.1 Å². The molecular weight excluding hydrogens is 276 g/mol. The van der Waals surface area contributed by atoms with Crippen LogP contribution in [0.1, 0.15) is 13.8 Å². The molecule has 0 radical (unpaired) electrons. The van der Waals surface area contributed by atoms with Gasteiger partial charge in [0.05, 0.1) is 4.92 Å². The minimum absolute atomic E-state index is 0.108. The third-order valence-corrected chi connectivity index (χ3v) is 4.16. The van der Waals surface area contributed by atoms with Gasteiger partial charge < -0.3 is 4.90 Å². The standard InChI is InChI=1S/C10H13ClN4O2S/c1-6-3-14(4-7(2)18-6)10-8(15(16)17)9(11)12-5-13-10/h5-7H,3-4H2,1-2H3. The van der Waals surface area contributed by atoms with E-state index in [2.05, 4.69) is 23.8 Å². The van der Waals surface area contributed by atoms with Crippen LogP contribution in [0.15, 0.2) is 6.33 Å². The van der Waals surface area contributed by atoms with E-state index in [9.17, 15) is 10.1 Å². The summed E-state index contributed by atoms with van der Waals surface area (Å²) in [6.45, 7) is 5.65. The quantitative estimate of drug-likeness (QED) is 0.473. The molecular formula is C10H13ClN4O2S. The number of thioether (sulfide) groups is 1. The van der Waals surface area contributed by atoms with Gasteiger partial charge in [0.1, 0.15) is 6.33 Å². The van der Waals surface area contributed by atoms with E-state index >= 15 is 0 Å². The highest BCUT2D eigenvalue weighted by molar-refractivity contribution is 8.00. The van der Waals surface area contributed by atoms with Gasteiger partial charge in [0.25, 0.3) is 0 Å². The third-order valence-electron chi connectivity index (χ3n) is 2.66. The Morgan fingerprint density at radius 1 is 1.44 bits per heavy atom. The van der Waals surface area contributed by atoms with E-state index in [1.807, 2.05) is 16.7 Å². The Hall–Kier alpha value is -1.08. The molecule has 6 nitrogen and oxygen atoms in total. The summed E-state index contributed by atoms with van der Waals surface area (Å²) in [6.07, 6.45) is 1.27. The maximum absolute atomic E-state index is 11.1. The topological polar surface area (TPSA) is 72.2 Å². The lowest BCUT2D eigenvalue weighted by molar-refractivity contribution is -0.384. The fourth-order valence-electron chi connectivity index (χ4n) is 2.09. The van der Waals surface area contributed by atoms with Crippen molar-refractivity contribution < 1.29 is 4.92 Å². The molecule has 1 aromatic heterocycles. The smallest absolute Gasteiger partial charge is 0.348 e. The van der Waals surface area contributed by atoms with Gasteiger partial charge in [0, 0.05) is 23.6 Å². The Bertz CT molecular complexity index is 463. The second-order valence-electron chi connectivity index (χ2n) is 4.26. The van der Waals surface area contributed by atoms with Gasteiger partial charge in [-0.05, 0) is 0 Å². The number of hydrogen-bond donors (Lipinski definition) is 0.